The standard InChI is InChI=1S/C31H30ClN7O2/c1-21-4-6-22(7-5-21)29(40)28-27(20-33)30(39(36-28)26-12-8-23(32)9-13-26)35-17-3-16-34-24-10-14-25(15-11-24)38-19-18-37(2)31(38)41/h4-15,34-35H,3,16-19H2,1-2H3. The van der Waals surface area contributed by atoms with Crippen LogP contribution in [0.25, 0.3) is 5.69 Å². The molecule has 1 aromatic heterocycles. The number of anilines is 3. The summed E-state index contributed by atoms with van der Waals surface area (Å²) < 4.78 is 1.58. The largest absolute Gasteiger partial charge is 0.385 e. The fourth-order valence-electron chi connectivity index (χ4n) is 4.63. The molecule has 2 N–H and O–H groups in total. The lowest BCUT2D eigenvalue weighted by atomic mass is 10.0. The van der Waals surface area contributed by atoms with E-state index in [1.807, 2.05) is 43.3 Å². The lowest BCUT2D eigenvalue weighted by Gasteiger charge is -2.16. The van der Waals surface area contributed by atoms with E-state index in [2.05, 4.69) is 21.8 Å². The minimum absolute atomic E-state index is 0.00934. The van der Waals surface area contributed by atoms with E-state index >= 15 is 0 Å². The number of nitriles is 1. The minimum Gasteiger partial charge on any atom is -0.385 e. The number of carbonyl (C=O) groups excluding carboxylic acids is 2. The molecule has 0 radical (unpaired) electrons. The zero-order valence-electron chi connectivity index (χ0n) is 22.9. The molecule has 10 heteroatoms. The smallest absolute Gasteiger partial charge is 0.324 e. The van der Waals surface area contributed by atoms with Crippen molar-refractivity contribution >= 4 is 40.6 Å². The van der Waals surface area contributed by atoms with Gasteiger partial charge in [0, 0.05) is 55.2 Å². The summed E-state index contributed by atoms with van der Waals surface area (Å²) in [6, 6.07) is 24.3. The normalized spacial score (nSPS) is 12.9. The average Bonchev–Trinajstić information content (AvgIpc) is 3.52. The molecule has 1 aliphatic heterocycles. The number of nitrogens with one attached hydrogen (secondary N) is 2. The van der Waals surface area contributed by atoms with Crippen molar-refractivity contribution in [3.63, 3.8) is 0 Å². The molecular weight excluding hydrogens is 538 g/mol. The Kier molecular flexibility index (Phi) is 8.22. The van der Waals surface area contributed by atoms with Crippen LogP contribution in [0.15, 0.2) is 72.8 Å². The van der Waals surface area contributed by atoms with Gasteiger partial charge in [-0.2, -0.15) is 10.4 Å². The van der Waals surface area contributed by atoms with Crippen molar-refractivity contribution in [3.8, 4) is 11.8 Å². The number of amides is 2. The van der Waals surface area contributed by atoms with Gasteiger partial charge in [-0.15, -0.1) is 0 Å². The van der Waals surface area contributed by atoms with Crippen LogP contribution >= 0.6 is 11.6 Å². The molecule has 3 aromatic carbocycles. The Hall–Kier alpha value is -4.81. The fraction of sp³-hybridized carbons (Fsp3) is 0.226. The Morgan fingerprint density at radius 3 is 2.24 bits per heavy atom. The zero-order chi connectivity index (χ0) is 28.9. The van der Waals surface area contributed by atoms with Gasteiger partial charge in [0.2, 0.25) is 5.78 Å². The summed E-state index contributed by atoms with van der Waals surface area (Å²) in [5.41, 5.74) is 4.29. The summed E-state index contributed by atoms with van der Waals surface area (Å²) in [7, 11) is 1.80. The van der Waals surface area contributed by atoms with Gasteiger partial charge in [-0.05, 0) is 61.9 Å². The molecular formula is C31H30ClN7O2. The summed E-state index contributed by atoms with van der Waals surface area (Å²) >= 11 is 6.09. The lowest BCUT2D eigenvalue weighted by Crippen LogP contribution is -2.29. The first-order valence-corrected chi connectivity index (χ1v) is 13.7. The van der Waals surface area contributed by atoms with E-state index in [4.69, 9.17) is 11.6 Å². The molecule has 208 valence electrons. The van der Waals surface area contributed by atoms with Crippen molar-refractivity contribution in [2.24, 2.45) is 0 Å². The first kappa shape index (κ1) is 27.7. The van der Waals surface area contributed by atoms with Gasteiger partial charge < -0.3 is 15.5 Å². The molecule has 0 aliphatic carbocycles. The molecule has 1 aliphatic rings. The van der Waals surface area contributed by atoms with Crippen LogP contribution in [-0.2, 0) is 0 Å². The third kappa shape index (κ3) is 6.03. The summed E-state index contributed by atoms with van der Waals surface area (Å²) in [4.78, 5) is 29.1. The van der Waals surface area contributed by atoms with Crippen LogP contribution in [0.1, 0.15) is 33.6 Å². The Balaban J connectivity index is 1.28. The molecule has 2 amide bonds. The number of carbonyl (C=O) groups is 2. The molecule has 0 atom stereocenters. The van der Waals surface area contributed by atoms with Crippen LogP contribution in [0, 0.1) is 18.3 Å². The highest BCUT2D eigenvalue weighted by molar-refractivity contribution is 6.30. The molecule has 2 heterocycles. The fourth-order valence-corrected chi connectivity index (χ4v) is 4.76. The second kappa shape index (κ2) is 12.1. The number of aromatic nitrogens is 2. The van der Waals surface area contributed by atoms with Crippen LogP contribution in [0.2, 0.25) is 5.02 Å². The Bertz CT molecular complexity index is 1590. The molecule has 5 rings (SSSR count). The minimum atomic E-state index is -0.315. The number of benzene rings is 3. The predicted molar refractivity (Wildman–Crippen MR) is 161 cm³/mol. The third-order valence-corrected chi connectivity index (χ3v) is 7.22. The van der Waals surface area contributed by atoms with Crippen LogP contribution in [0.5, 0.6) is 0 Å². The molecule has 0 bridgehead atoms. The molecule has 41 heavy (non-hydrogen) atoms. The number of halogens is 1. The third-order valence-electron chi connectivity index (χ3n) is 6.97. The monoisotopic (exact) mass is 567 g/mol. The van der Waals surface area contributed by atoms with Gasteiger partial charge in [0.25, 0.3) is 0 Å². The Morgan fingerprint density at radius 2 is 1.61 bits per heavy atom. The van der Waals surface area contributed by atoms with Crippen LogP contribution in [-0.4, -0.2) is 59.7 Å². The summed E-state index contributed by atoms with van der Waals surface area (Å²) in [6.07, 6.45) is 0.731. The van der Waals surface area contributed by atoms with Gasteiger partial charge in [0.15, 0.2) is 5.69 Å². The number of aryl methyl sites for hydroxylation is 1. The number of likely N-dealkylation sites (N-methyl/N-ethyl adjacent to an activating group) is 1. The van der Waals surface area contributed by atoms with E-state index in [0.717, 1.165) is 29.9 Å². The van der Waals surface area contributed by atoms with Gasteiger partial charge in [-0.3, -0.25) is 9.69 Å². The van der Waals surface area contributed by atoms with E-state index < -0.39 is 0 Å². The molecule has 0 spiro atoms. The highest BCUT2D eigenvalue weighted by Crippen LogP contribution is 2.27. The Labute approximate surface area is 243 Å². The van der Waals surface area contributed by atoms with E-state index in [-0.39, 0.29) is 23.1 Å². The van der Waals surface area contributed by atoms with Crippen LogP contribution in [0.4, 0.5) is 22.0 Å². The Morgan fingerprint density at radius 1 is 0.951 bits per heavy atom. The van der Waals surface area contributed by atoms with E-state index in [9.17, 15) is 14.9 Å². The number of hydrogen-bond donors (Lipinski definition) is 2. The van der Waals surface area contributed by atoms with Crippen LogP contribution in [0.3, 0.4) is 0 Å². The summed E-state index contributed by atoms with van der Waals surface area (Å²) in [6.45, 7) is 4.56. The topological polar surface area (TPSA) is 106 Å². The maximum atomic E-state index is 13.4. The van der Waals surface area contributed by atoms with Gasteiger partial charge in [-0.1, -0.05) is 41.4 Å². The van der Waals surface area contributed by atoms with Crippen molar-refractivity contribution in [3.05, 3.63) is 100 Å². The second-order valence-corrected chi connectivity index (χ2v) is 10.3. The van der Waals surface area contributed by atoms with E-state index in [0.29, 0.717) is 41.7 Å². The SMILES string of the molecule is Cc1ccc(C(=O)c2nn(-c3ccc(Cl)cc3)c(NCCCNc3ccc(N4CCN(C)C4=O)cc3)c2C#N)cc1. The van der Waals surface area contributed by atoms with Gasteiger partial charge in [-0.25, -0.2) is 9.48 Å². The number of urea groups is 1. The summed E-state index contributed by atoms with van der Waals surface area (Å²) in [5, 5.41) is 21.9. The number of ketones is 1. The maximum absolute atomic E-state index is 13.4. The van der Waals surface area contributed by atoms with Crippen LogP contribution < -0.4 is 15.5 Å². The summed E-state index contributed by atoms with van der Waals surface area (Å²) in [5.74, 6) is 0.139. The molecule has 4 aromatic rings. The number of hydrogen-bond acceptors (Lipinski definition) is 6. The van der Waals surface area contributed by atoms with Crippen molar-refractivity contribution in [1.82, 2.24) is 14.7 Å². The number of nitrogens with zero attached hydrogens (tertiary/aromatic N) is 5. The first-order chi connectivity index (χ1) is 19.9. The number of rotatable bonds is 10. The molecule has 0 saturated carbocycles. The second-order valence-electron chi connectivity index (χ2n) is 9.88. The first-order valence-electron chi connectivity index (χ1n) is 13.4. The quantitative estimate of drug-likeness (QED) is 0.187. The van der Waals surface area contributed by atoms with E-state index in [1.54, 1.807) is 57.9 Å². The maximum Gasteiger partial charge on any atom is 0.324 e. The van der Waals surface area contributed by atoms with Crippen molar-refractivity contribution in [2.75, 3.05) is 48.8 Å². The highest BCUT2D eigenvalue weighted by Gasteiger charge is 2.27. The van der Waals surface area contributed by atoms with Crippen molar-refractivity contribution in [2.45, 2.75) is 13.3 Å². The molecule has 1 saturated heterocycles. The lowest BCUT2D eigenvalue weighted by molar-refractivity contribution is 0.103. The zero-order valence-corrected chi connectivity index (χ0v) is 23.7. The molecule has 1 fully saturated rings. The van der Waals surface area contributed by atoms with Gasteiger partial charge in [0.05, 0.1) is 5.69 Å². The van der Waals surface area contributed by atoms with Gasteiger partial charge in [0.1, 0.15) is 17.5 Å². The highest BCUT2D eigenvalue weighted by atomic mass is 35.5. The van der Waals surface area contributed by atoms with Gasteiger partial charge >= 0.3 is 6.03 Å². The van der Waals surface area contributed by atoms with Crippen molar-refractivity contribution < 1.29 is 9.59 Å². The molecule has 0 unspecified atom stereocenters. The van der Waals surface area contributed by atoms with Crippen molar-refractivity contribution in [1.29, 1.82) is 5.26 Å². The average molecular weight is 568 g/mol. The van der Waals surface area contributed by atoms with E-state index in [1.165, 1.54) is 0 Å². The molecule has 9 nitrogen and oxygen atoms in total. The predicted octanol–water partition coefficient (Wildman–Crippen LogP) is 5.72.